The molecule has 102 valence electrons. The van der Waals surface area contributed by atoms with E-state index in [0.29, 0.717) is 11.4 Å². The van der Waals surface area contributed by atoms with Crippen LogP contribution in [0.15, 0.2) is 12.4 Å². The molecule has 0 saturated carbocycles. The summed E-state index contributed by atoms with van der Waals surface area (Å²) in [5.74, 6) is -0.129. The molecule has 0 aliphatic heterocycles. The Morgan fingerprint density at radius 2 is 2.33 bits per heavy atom. The highest BCUT2D eigenvalue weighted by atomic mass is 79.9. The van der Waals surface area contributed by atoms with Crippen LogP contribution in [0.5, 0.6) is 0 Å². The van der Waals surface area contributed by atoms with Crippen LogP contribution >= 0.6 is 15.9 Å². The van der Waals surface area contributed by atoms with Gasteiger partial charge in [-0.25, -0.2) is 0 Å². The van der Waals surface area contributed by atoms with E-state index in [9.17, 15) is 15.2 Å². The number of aromatic nitrogens is 2. The summed E-state index contributed by atoms with van der Waals surface area (Å²) in [7, 11) is 0. The zero-order valence-corrected chi connectivity index (χ0v) is 11.9. The number of nitrogens with zero attached hydrogens (tertiary/aromatic N) is 2. The van der Waals surface area contributed by atoms with Crippen molar-refractivity contribution in [1.82, 2.24) is 10.3 Å². The zero-order valence-electron chi connectivity index (χ0n) is 10.3. The topological polar surface area (TPSA) is 95.1 Å². The molecule has 3 N–H and O–H groups in total. The Morgan fingerprint density at radius 3 is 2.89 bits per heavy atom. The van der Waals surface area contributed by atoms with Gasteiger partial charge in [-0.3, -0.25) is 0 Å². The van der Waals surface area contributed by atoms with Gasteiger partial charge in [-0.15, -0.1) is 4.57 Å². The number of halogens is 1. The molecule has 0 bridgehead atoms. The Balaban J connectivity index is 2.47. The average Bonchev–Trinajstić information content (AvgIpc) is 2.73. The van der Waals surface area contributed by atoms with Gasteiger partial charge in [0.1, 0.15) is 12.6 Å². The number of imidazole rings is 1. The highest BCUT2D eigenvalue weighted by Gasteiger charge is 2.24. The van der Waals surface area contributed by atoms with Gasteiger partial charge in [0.05, 0.1) is 4.92 Å². The Labute approximate surface area is 113 Å². The first kappa shape index (κ1) is 15.1. The van der Waals surface area contributed by atoms with Gasteiger partial charge in [-0.05, 0) is 6.92 Å². The van der Waals surface area contributed by atoms with Gasteiger partial charge < -0.3 is 20.5 Å². The van der Waals surface area contributed by atoms with Crippen molar-refractivity contribution in [2.24, 2.45) is 0 Å². The molecular weight excluding hydrogens is 304 g/mol. The molecule has 0 amide bonds. The van der Waals surface area contributed by atoms with Crippen LogP contribution in [0.2, 0.25) is 0 Å². The number of aromatic amines is 1. The number of hydrogen-bond acceptors (Lipinski definition) is 4. The molecule has 1 rings (SSSR count). The highest BCUT2D eigenvalue weighted by Crippen LogP contribution is 2.03. The summed E-state index contributed by atoms with van der Waals surface area (Å²) in [4.78, 5) is 13.0. The summed E-state index contributed by atoms with van der Waals surface area (Å²) >= 11 is 3.44. The van der Waals surface area contributed by atoms with Gasteiger partial charge in [0, 0.05) is 17.4 Å². The molecule has 0 aliphatic carbocycles. The van der Waals surface area contributed by atoms with E-state index in [4.69, 9.17) is 0 Å². The second-order valence-corrected chi connectivity index (χ2v) is 5.67. The van der Waals surface area contributed by atoms with Crippen molar-refractivity contribution in [2.75, 3.05) is 6.54 Å². The number of aliphatic hydroxyl groups is 1. The minimum atomic E-state index is -0.682. The lowest BCUT2D eigenvalue weighted by Crippen LogP contribution is -2.46. The smallest absolute Gasteiger partial charge is 0.387 e. The van der Waals surface area contributed by atoms with Crippen molar-refractivity contribution < 1.29 is 14.6 Å². The lowest BCUT2D eigenvalue weighted by Gasteiger charge is -2.17. The minimum absolute atomic E-state index is 0.129. The number of aliphatic hydroxyl groups excluding tert-OH is 1. The van der Waals surface area contributed by atoms with E-state index < -0.39 is 11.0 Å². The maximum Gasteiger partial charge on any atom is 0.577 e. The predicted octanol–water partition coefficient (Wildman–Crippen LogP) is 0.333. The molecule has 1 heterocycles. The van der Waals surface area contributed by atoms with E-state index in [0.717, 1.165) is 0 Å². The molecule has 18 heavy (non-hydrogen) atoms. The SMILES string of the molecule is C[C@@H](Br)[C@@H](C)NCC(O)C[n+]1cc[nH]c1[N+](=O)[O-]. The third-order valence-corrected chi connectivity index (χ3v) is 3.48. The van der Waals surface area contributed by atoms with Crippen molar-refractivity contribution in [1.29, 1.82) is 0 Å². The van der Waals surface area contributed by atoms with Crippen LogP contribution in [0.1, 0.15) is 13.8 Å². The molecule has 1 aromatic heterocycles. The second kappa shape index (κ2) is 6.81. The predicted molar refractivity (Wildman–Crippen MR) is 69.5 cm³/mol. The van der Waals surface area contributed by atoms with Gasteiger partial charge in [0.25, 0.3) is 0 Å². The molecule has 7 nitrogen and oxygen atoms in total. The fourth-order valence-electron chi connectivity index (χ4n) is 1.44. The first-order valence-electron chi connectivity index (χ1n) is 5.68. The van der Waals surface area contributed by atoms with E-state index >= 15 is 0 Å². The molecule has 8 heteroatoms. The van der Waals surface area contributed by atoms with E-state index in [1.54, 1.807) is 0 Å². The van der Waals surface area contributed by atoms with Crippen molar-refractivity contribution in [3.8, 4) is 0 Å². The first-order valence-corrected chi connectivity index (χ1v) is 6.60. The van der Waals surface area contributed by atoms with Gasteiger partial charge in [0.2, 0.25) is 0 Å². The van der Waals surface area contributed by atoms with Crippen molar-refractivity contribution in [2.45, 2.75) is 37.4 Å². The Bertz CT molecular complexity index is 396. The van der Waals surface area contributed by atoms with Gasteiger partial charge in [0.15, 0.2) is 12.4 Å². The largest absolute Gasteiger partial charge is 0.577 e. The van der Waals surface area contributed by atoms with Gasteiger partial charge in [-0.2, -0.15) is 4.98 Å². The van der Waals surface area contributed by atoms with Crippen LogP contribution in [-0.2, 0) is 6.54 Å². The molecule has 0 aromatic carbocycles. The molecule has 0 aliphatic rings. The molecule has 1 aromatic rings. The summed E-state index contributed by atoms with van der Waals surface area (Å²) in [6.07, 6.45) is 2.33. The number of nitrogens with one attached hydrogen (secondary N) is 2. The Morgan fingerprint density at radius 1 is 1.67 bits per heavy atom. The molecular formula is C10H18BrN4O3+. The van der Waals surface area contributed by atoms with Crippen LogP contribution in [0.4, 0.5) is 5.95 Å². The molecule has 3 atom stereocenters. The van der Waals surface area contributed by atoms with Crippen LogP contribution in [0.3, 0.4) is 0 Å². The number of rotatable bonds is 7. The van der Waals surface area contributed by atoms with Crippen LogP contribution in [-0.4, -0.2) is 38.5 Å². The van der Waals surface area contributed by atoms with E-state index in [1.807, 2.05) is 13.8 Å². The van der Waals surface area contributed by atoms with Gasteiger partial charge in [-0.1, -0.05) is 22.9 Å². The second-order valence-electron chi connectivity index (χ2n) is 4.22. The zero-order chi connectivity index (χ0) is 13.7. The summed E-state index contributed by atoms with van der Waals surface area (Å²) in [5, 5.41) is 23.6. The third-order valence-electron chi connectivity index (χ3n) is 2.68. The van der Waals surface area contributed by atoms with Crippen molar-refractivity contribution in [3.05, 3.63) is 22.5 Å². The number of hydrogen-bond donors (Lipinski definition) is 3. The standard InChI is InChI=1S/C10H17BrN4O3/c1-7(11)8(2)13-5-9(16)6-14-4-3-12-10(14)15(17)18/h3-4,7-9,13,16H,5-6H2,1-2H3/p+1/t7-,8-,9?/m1/s1. The van der Waals surface area contributed by atoms with E-state index in [1.165, 1.54) is 17.0 Å². The van der Waals surface area contributed by atoms with Crippen molar-refractivity contribution in [3.63, 3.8) is 0 Å². The summed E-state index contributed by atoms with van der Waals surface area (Å²) in [5.41, 5.74) is 0. The lowest BCUT2D eigenvalue weighted by molar-refractivity contribution is -0.740. The average molecular weight is 322 g/mol. The normalized spacial score (nSPS) is 16.2. The lowest BCUT2D eigenvalue weighted by atomic mass is 10.2. The fourth-order valence-corrected chi connectivity index (χ4v) is 1.62. The van der Waals surface area contributed by atoms with Gasteiger partial charge >= 0.3 is 5.95 Å². The van der Waals surface area contributed by atoms with Crippen LogP contribution in [0, 0.1) is 10.1 Å². The van der Waals surface area contributed by atoms with E-state index in [2.05, 4.69) is 26.2 Å². The number of alkyl halides is 1. The quantitative estimate of drug-likeness (QED) is 0.292. The molecule has 0 radical (unpaired) electrons. The number of H-pyrrole nitrogens is 1. The van der Waals surface area contributed by atoms with Crippen molar-refractivity contribution >= 4 is 21.9 Å². The molecule has 0 fully saturated rings. The van der Waals surface area contributed by atoms with Crippen LogP contribution in [0.25, 0.3) is 0 Å². The molecule has 1 unspecified atom stereocenters. The maximum absolute atomic E-state index is 10.7. The third kappa shape index (κ3) is 4.35. The minimum Gasteiger partial charge on any atom is -0.387 e. The Kier molecular flexibility index (Phi) is 5.70. The van der Waals surface area contributed by atoms with Crippen LogP contribution < -0.4 is 9.88 Å². The fraction of sp³-hybridized carbons (Fsp3) is 0.700. The summed E-state index contributed by atoms with van der Waals surface area (Å²) < 4.78 is 1.38. The maximum atomic E-state index is 10.7. The highest BCUT2D eigenvalue weighted by molar-refractivity contribution is 9.09. The number of nitro groups is 1. The first-order chi connectivity index (χ1) is 8.41. The summed E-state index contributed by atoms with van der Waals surface area (Å²) in [6, 6.07) is 0.214. The Hall–Kier alpha value is -0.990. The molecule has 0 spiro atoms. The monoisotopic (exact) mass is 321 g/mol. The molecule has 0 saturated heterocycles. The van der Waals surface area contributed by atoms with E-state index in [-0.39, 0.29) is 18.5 Å². The summed E-state index contributed by atoms with van der Waals surface area (Å²) in [6.45, 7) is 4.57.